The molecule has 10 heteroatoms. The predicted molar refractivity (Wildman–Crippen MR) is 97.3 cm³/mol. The van der Waals surface area contributed by atoms with Gasteiger partial charge in [0.05, 0.1) is 7.05 Å². The summed E-state index contributed by atoms with van der Waals surface area (Å²) in [6.45, 7) is 1.90. The average Bonchev–Trinajstić information content (AvgIpc) is 3.26. The number of nitrogens with zero attached hydrogens (tertiary/aromatic N) is 6. The van der Waals surface area contributed by atoms with Crippen LogP contribution in [0.3, 0.4) is 0 Å². The highest BCUT2D eigenvalue weighted by Crippen LogP contribution is 2.39. The Morgan fingerprint density at radius 3 is 2.85 bits per heavy atom. The third kappa shape index (κ3) is 2.99. The minimum atomic E-state index is -0.507. The highest BCUT2D eigenvalue weighted by Gasteiger charge is 2.30. The molecule has 3 aromatic rings. The third-order valence-electron chi connectivity index (χ3n) is 3.88. The molecular weight excluding hydrogens is 377 g/mol. The molecule has 0 radical (unpaired) electrons. The number of nitrogens with one attached hydrogen (secondary N) is 1. The Balaban J connectivity index is 1.88. The maximum Gasteiger partial charge on any atom is 0.205 e. The molecule has 1 atom stereocenters. The summed E-state index contributed by atoms with van der Waals surface area (Å²) in [5.41, 5.74) is 2.20. The Morgan fingerprint density at radius 1 is 1.35 bits per heavy atom. The van der Waals surface area contributed by atoms with E-state index in [-0.39, 0.29) is 5.02 Å². The van der Waals surface area contributed by atoms with Crippen LogP contribution in [-0.2, 0) is 7.05 Å². The quantitative estimate of drug-likeness (QED) is 0.744. The van der Waals surface area contributed by atoms with E-state index in [0.717, 1.165) is 16.3 Å². The van der Waals surface area contributed by atoms with Gasteiger partial charge < -0.3 is 5.32 Å². The Bertz CT molecular complexity index is 1030. The number of allylic oxidation sites excluding steroid dienone is 1. The molecule has 0 amide bonds. The fourth-order valence-corrected chi connectivity index (χ4v) is 3.61. The van der Waals surface area contributed by atoms with Crippen LogP contribution < -0.4 is 5.32 Å². The molecule has 3 heterocycles. The van der Waals surface area contributed by atoms with Crippen molar-refractivity contribution in [1.82, 2.24) is 30.5 Å². The van der Waals surface area contributed by atoms with Gasteiger partial charge in [0.25, 0.3) is 0 Å². The number of halogens is 2. The number of hydrogen-bond acceptors (Lipinski definition) is 7. The van der Waals surface area contributed by atoms with Crippen LogP contribution in [0.15, 0.2) is 40.5 Å². The van der Waals surface area contributed by atoms with E-state index in [4.69, 9.17) is 16.6 Å². The van der Waals surface area contributed by atoms with Crippen LogP contribution in [0.4, 0.5) is 4.39 Å². The number of hydrogen-bond donors (Lipinski definition) is 1. The van der Waals surface area contributed by atoms with Gasteiger partial charge in [-0.2, -0.15) is 4.80 Å². The van der Waals surface area contributed by atoms with Crippen molar-refractivity contribution in [1.29, 1.82) is 0 Å². The van der Waals surface area contributed by atoms with Crippen LogP contribution in [0.5, 0.6) is 0 Å². The first kappa shape index (κ1) is 16.8. The maximum absolute atomic E-state index is 13.5. The van der Waals surface area contributed by atoms with E-state index in [1.54, 1.807) is 19.3 Å². The molecule has 1 unspecified atom stereocenters. The molecule has 0 bridgehead atoms. The molecule has 0 aliphatic carbocycles. The van der Waals surface area contributed by atoms with Crippen molar-refractivity contribution in [2.24, 2.45) is 12.0 Å². The normalized spacial score (nSPS) is 17.2. The Labute approximate surface area is 157 Å². The van der Waals surface area contributed by atoms with E-state index in [9.17, 15) is 4.39 Å². The van der Waals surface area contributed by atoms with Crippen LogP contribution in [-0.4, -0.2) is 31.0 Å². The van der Waals surface area contributed by atoms with Crippen LogP contribution in [0.1, 0.15) is 29.4 Å². The molecular formula is C16H13ClFN7S. The van der Waals surface area contributed by atoms with Gasteiger partial charge in [0.15, 0.2) is 10.8 Å². The third-order valence-corrected chi connectivity index (χ3v) is 4.99. The van der Waals surface area contributed by atoms with E-state index in [1.807, 2.05) is 12.3 Å². The first-order chi connectivity index (χ1) is 12.5. The lowest BCUT2D eigenvalue weighted by Gasteiger charge is -2.25. The number of aliphatic imine (C=N–C) groups is 1. The van der Waals surface area contributed by atoms with Gasteiger partial charge in [-0.05, 0) is 24.3 Å². The predicted octanol–water partition coefficient (Wildman–Crippen LogP) is 2.98. The fraction of sp³-hybridized carbons (Fsp3) is 0.188. The van der Waals surface area contributed by atoms with Gasteiger partial charge in [-0.15, -0.1) is 21.5 Å². The number of amidine groups is 1. The molecule has 0 saturated heterocycles. The van der Waals surface area contributed by atoms with Crippen molar-refractivity contribution in [2.75, 3.05) is 0 Å². The minimum absolute atomic E-state index is 0.285. The van der Waals surface area contributed by atoms with E-state index in [1.165, 1.54) is 28.3 Å². The highest BCUT2D eigenvalue weighted by atomic mass is 35.5. The van der Waals surface area contributed by atoms with E-state index < -0.39 is 11.9 Å². The summed E-state index contributed by atoms with van der Waals surface area (Å²) in [6.07, 6.45) is 1.71. The van der Waals surface area contributed by atoms with Gasteiger partial charge in [-0.3, -0.25) is 4.99 Å². The zero-order valence-corrected chi connectivity index (χ0v) is 15.4. The lowest BCUT2D eigenvalue weighted by Crippen LogP contribution is -2.29. The standard InChI is InChI=1S/C16H13ClFN7S/c1-8-12(14-22-24-25(2)23-14)13(10-4-3-9(18)7-11(10)17)21-15(20-8)16-19-5-6-26-16/h3-7,13H,1-2H3,(H,20,21). The summed E-state index contributed by atoms with van der Waals surface area (Å²) in [4.78, 5) is 10.5. The fourth-order valence-electron chi connectivity index (χ4n) is 2.76. The number of aryl methyl sites for hydroxylation is 1. The van der Waals surface area contributed by atoms with E-state index in [2.05, 4.69) is 25.7 Å². The van der Waals surface area contributed by atoms with Crippen molar-refractivity contribution < 1.29 is 4.39 Å². The van der Waals surface area contributed by atoms with Gasteiger partial charge in [-0.1, -0.05) is 17.7 Å². The van der Waals surface area contributed by atoms with Gasteiger partial charge in [-0.25, -0.2) is 9.37 Å². The topological polar surface area (TPSA) is 80.9 Å². The molecule has 26 heavy (non-hydrogen) atoms. The second kappa shape index (κ2) is 6.58. The molecule has 4 rings (SSSR count). The van der Waals surface area contributed by atoms with Crippen LogP contribution in [0.2, 0.25) is 5.02 Å². The first-order valence-corrected chi connectivity index (χ1v) is 8.93. The number of tetrazole rings is 1. The molecule has 7 nitrogen and oxygen atoms in total. The van der Waals surface area contributed by atoms with Crippen molar-refractivity contribution in [3.8, 4) is 0 Å². The van der Waals surface area contributed by atoms with Crippen molar-refractivity contribution in [2.45, 2.75) is 13.0 Å². The summed E-state index contributed by atoms with van der Waals surface area (Å²) in [5.74, 6) is 0.650. The van der Waals surface area contributed by atoms with Crippen molar-refractivity contribution >= 4 is 34.3 Å². The smallest absolute Gasteiger partial charge is 0.205 e. The van der Waals surface area contributed by atoms with Crippen molar-refractivity contribution in [3.63, 3.8) is 0 Å². The number of aromatic nitrogens is 5. The molecule has 1 aliphatic rings. The van der Waals surface area contributed by atoms with Crippen LogP contribution in [0.25, 0.3) is 5.57 Å². The van der Waals surface area contributed by atoms with Gasteiger partial charge in [0, 0.05) is 33.4 Å². The summed E-state index contributed by atoms with van der Waals surface area (Å²) < 4.78 is 13.5. The SMILES string of the molecule is CC1=C(c2nnn(C)n2)C(c2ccc(F)cc2Cl)N=C(c2nccs2)N1. The number of thiazole rings is 1. The Hall–Kier alpha value is -2.65. The van der Waals surface area contributed by atoms with Crippen molar-refractivity contribution in [3.05, 3.63) is 62.7 Å². The molecule has 1 aliphatic heterocycles. The second-order valence-electron chi connectivity index (χ2n) is 5.65. The Kier molecular flexibility index (Phi) is 4.25. The molecule has 132 valence electrons. The Morgan fingerprint density at radius 2 is 2.19 bits per heavy atom. The minimum Gasteiger partial charge on any atom is -0.341 e. The van der Waals surface area contributed by atoms with Gasteiger partial charge in [0.1, 0.15) is 11.9 Å². The second-order valence-corrected chi connectivity index (χ2v) is 6.95. The summed E-state index contributed by atoms with van der Waals surface area (Å²) in [6, 6.07) is 3.75. The van der Waals surface area contributed by atoms with Gasteiger partial charge in [0.2, 0.25) is 5.82 Å². The first-order valence-electron chi connectivity index (χ1n) is 7.67. The number of rotatable bonds is 3. The zero-order chi connectivity index (χ0) is 18.3. The largest absolute Gasteiger partial charge is 0.341 e. The molecule has 0 spiro atoms. The summed E-state index contributed by atoms with van der Waals surface area (Å²) in [5, 5.41) is 18.5. The maximum atomic E-state index is 13.5. The lowest BCUT2D eigenvalue weighted by molar-refractivity contribution is 0.626. The van der Waals surface area contributed by atoms with Crippen LogP contribution >= 0.6 is 22.9 Å². The van der Waals surface area contributed by atoms with E-state index >= 15 is 0 Å². The number of benzene rings is 1. The summed E-state index contributed by atoms with van der Waals surface area (Å²) >= 11 is 7.78. The van der Waals surface area contributed by atoms with Gasteiger partial charge >= 0.3 is 0 Å². The van der Waals surface area contributed by atoms with E-state index in [0.29, 0.717) is 17.2 Å². The molecule has 1 N–H and O–H groups in total. The molecule has 0 saturated carbocycles. The van der Waals surface area contributed by atoms with Crippen LogP contribution in [0, 0.1) is 5.82 Å². The lowest BCUT2D eigenvalue weighted by atomic mass is 9.95. The highest BCUT2D eigenvalue weighted by molar-refractivity contribution is 7.11. The molecule has 1 aromatic carbocycles. The molecule has 0 fully saturated rings. The molecule has 2 aromatic heterocycles. The summed E-state index contributed by atoms with van der Waals surface area (Å²) in [7, 11) is 1.69. The zero-order valence-electron chi connectivity index (χ0n) is 13.8. The monoisotopic (exact) mass is 389 g/mol. The average molecular weight is 390 g/mol.